The molecule has 2 aliphatic heterocycles. The lowest BCUT2D eigenvalue weighted by molar-refractivity contribution is -0.137. The fraction of sp³-hybridized carbons (Fsp3) is 0.300. The van der Waals surface area contributed by atoms with Crippen molar-refractivity contribution in [2.75, 3.05) is 7.11 Å². The van der Waals surface area contributed by atoms with E-state index in [0.717, 1.165) is 0 Å². The van der Waals surface area contributed by atoms with Crippen molar-refractivity contribution in [3.05, 3.63) is 11.6 Å². The maximum Gasteiger partial charge on any atom is 0.335 e. The van der Waals surface area contributed by atoms with E-state index in [4.69, 9.17) is 12.2 Å². The number of esters is 1. The Kier molecular flexibility index (Phi) is 2.84. The van der Waals surface area contributed by atoms with Crippen molar-refractivity contribution in [1.29, 1.82) is 0 Å². The second kappa shape index (κ2) is 4.17. The van der Waals surface area contributed by atoms with E-state index in [1.165, 1.54) is 13.2 Å². The van der Waals surface area contributed by atoms with Crippen molar-refractivity contribution < 1.29 is 14.3 Å². The molecular weight excluding hydrogens is 242 g/mol. The minimum absolute atomic E-state index is 0.0592. The predicted molar refractivity (Wildman–Crippen MR) is 64.9 cm³/mol. The van der Waals surface area contributed by atoms with Crippen molar-refractivity contribution >= 4 is 40.8 Å². The van der Waals surface area contributed by atoms with Gasteiger partial charge >= 0.3 is 5.97 Å². The number of carbonyl (C=O) groups excluding carboxylic acids is 2. The smallest absolute Gasteiger partial charge is 0.335 e. The van der Waals surface area contributed by atoms with Crippen LogP contribution in [0.1, 0.15) is 6.92 Å². The maximum atomic E-state index is 11.8. The topological polar surface area (TPSA) is 80.1 Å². The van der Waals surface area contributed by atoms with Gasteiger partial charge in [-0.05, 0) is 25.2 Å². The average Bonchev–Trinajstić information content (AvgIpc) is 2.25. The van der Waals surface area contributed by atoms with Crippen LogP contribution in [0, 0.1) is 5.92 Å². The Bertz CT molecular complexity index is 519. The Hall–Kier alpha value is -1.89. The Morgan fingerprint density at radius 1 is 1.53 bits per heavy atom. The molecule has 0 saturated heterocycles. The number of rotatable bonds is 1. The van der Waals surface area contributed by atoms with E-state index in [-0.39, 0.29) is 16.5 Å². The predicted octanol–water partition coefficient (Wildman–Crippen LogP) is -0.0103. The van der Waals surface area contributed by atoms with Gasteiger partial charge in [-0.3, -0.25) is 4.79 Å². The number of fused-ring (bicyclic) bond motifs is 1. The third-order valence-electron chi connectivity index (χ3n) is 2.35. The highest BCUT2D eigenvalue weighted by Gasteiger charge is 2.38. The molecule has 0 aromatic carbocycles. The lowest BCUT2D eigenvalue weighted by Gasteiger charge is -2.24. The molecule has 1 unspecified atom stereocenters. The fourth-order valence-corrected chi connectivity index (χ4v) is 1.87. The van der Waals surface area contributed by atoms with Crippen LogP contribution in [0.2, 0.25) is 0 Å². The van der Waals surface area contributed by atoms with Gasteiger partial charge < -0.3 is 10.1 Å². The van der Waals surface area contributed by atoms with Gasteiger partial charge in [0.2, 0.25) is 11.0 Å². The molecule has 0 fully saturated rings. The summed E-state index contributed by atoms with van der Waals surface area (Å²) >= 11 is 4.80. The van der Waals surface area contributed by atoms with E-state index >= 15 is 0 Å². The summed E-state index contributed by atoms with van der Waals surface area (Å²) in [5.41, 5.74) is 0.802. The van der Waals surface area contributed by atoms with E-state index in [0.29, 0.717) is 5.71 Å². The van der Waals surface area contributed by atoms with Crippen LogP contribution < -0.4 is 5.32 Å². The lowest BCUT2D eigenvalue weighted by atomic mass is 9.92. The van der Waals surface area contributed by atoms with E-state index in [2.05, 4.69) is 20.0 Å². The molecule has 88 valence electrons. The molecule has 17 heavy (non-hydrogen) atoms. The molecule has 0 spiro atoms. The number of aliphatic imine (C=N–C) groups is 2. The monoisotopic (exact) mass is 251 g/mol. The molecule has 0 radical (unpaired) electrons. The first-order valence-electron chi connectivity index (χ1n) is 4.81. The SMILES string of the molecule is COC(=O)C1=CC(C)=NC2=NC(=S)NC(=O)C12. The van der Waals surface area contributed by atoms with Gasteiger partial charge in [-0.25, -0.2) is 14.8 Å². The molecule has 1 amide bonds. The minimum Gasteiger partial charge on any atom is -0.466 e. The molecule has 0 aromatic rings. The largest absolute Gasteiger partial charge is 0.466 e. The van der Waals surface area contributed by atoms with Crippen molar-refractivity contribution in [3.8, 4) is 0 Å². The molecular formula is C10H9N3O3S. The Morgan fingerprint density at radius 2 is 2.24 bits per heavy atom. The number of allylic oxidation sites excluding steroid dienone is 1. The highest BCUT2D eigenvalue weighted by Crippen LogP contribution is 2.23. The molecule has 7 heteroatoms. The first-order valence-corrected chi connectivity index (χ1v) is 5.22. The minimum atomic E-state index is -0.835. The number of amidine groups is 1. The summed E-state index contributed by atoms with van der Waals surface area (Å²) in [4.78, 5) is 31.4. The first kappa shape index (κ1) is 11.6. The number of thiocarbonyl (C=S) groups is 1. The molecule has 0 bridgehead atoms. The van der Waals surface area contributed by atoms with Gasteiger partial charge in [-0.1, -0.05) is 0 Å². The second-order valence-corrected chi connectivity index (χ2v) is 3.93. The number of hydrogen-bond acceptors (Lipinski definition) is 5. The summed E-state index contributed by atoms with van der Waals surface area (Å²) in [6, 6.07) is 0. The molecule has 2 aliphatic rings. The third kappa shape index (κ3) is 2.01. The number of hydrogen-bond donors (Lipinski definition) is 1. The van der Waals surface area contributed by atoms with Gasteiger partial charge in [0.15, 0.2) is 0 Å². The van der Waals surface area contributed by atoms with Gasteiger partial charge in [-0.2, -0.15) is 0 Å². The third-order valence-corrected chi connectivity index (χ3v) is 2.55. The normalized spacial score (nSPS) is 22.9. The number of carbonyl (C=O) groups is 2. The molecule has 6 nitrogen and oxygen atoms in total. The Balaban J connectivity index is 2.51. The molecule has 0 aromatic heterocycles. The molecule has 2 heterocycles. The van der Waals surface area contributed by atoms with E-state index in [9.17, 15) is 9.59 Å². The highest BCUT2D eigenvalue weighted by atomic mass is 32.1. The summed E-state index contributed by atoms with van der Waals surface area (Å²) < 4.78 is 4.63. The van der Waals surface area contributed by atoms with Gasteiger partial charge in [0.25, 0.3) is 0 Å². The quantitative estimate of drug-likeness (QED) is 0.525. The number of amides is 1. The number of dihydropyridines is 1. The van der Waals surface area contributed by atoms with Gasteiger partial charge in [0.05, 0.1) is 12.7 Å². The van der Waals surface area contributed by atoms with Crippen LogP contribution in [0.4, 0.5) is 0 Å². The van der Waals surface area contributed by atoms with Gasteiger partial charge in [0, 0.05) is 5.71 Å². The van der Waals surface area contributed by atoms with Crippen LogP contribution in [0.3, 0.4) is 0 Å². The Morgan fingerprint density at radius 3 is 2.88 bits per heavy atom. The van der Waals surface area contributed by atoms with Crippen molar-refractivity contribution in [2.45, 2.75) is 6.92 Å². The number of methoxy groups -OCH3 is 1. The fourth-order valence-electron chi connectivity index (χ4n) is 1.68. The zero-order valence-electron chi connectivity index (χ0n) is 9.18. The zero-order valence-corrected chi connectivity index (χ0v) is 10.00. The summed E-state index contributed by atoms with van der Waals surface area (Å²) in [5.74, 6) is -1.58. The second-order valence-electron chi connectivity index (χ2n) is 3.54. The van der Waals surface area contributed by atoms with Crippen molar-refractivity contribution in [1.82, 2.24) is 5.32 Å². The van der Waals surface area contributed by atoms with Crippen molar-refractivity contribution in [2.24, 2.45) is 15.9 Å². The molecule has 1 N–H and O–H groups in total. The van der Waals surface area contributed by atoms with Crippen molar-refractivity contribution in [3.63, 3.8) is 0 Å². The summed E-state index contributed by atoms with van der Waals surface area (Å²) in [7, 11) is 1.26. The van der Waals surface area contributed by atoms with Crippen LogP contribution in [0.15, 0.2) is 21.6 Å². The summed E-state index contributed by atoms with van der Waals surface area (Å²) in [6.07, 6.45) is 1.52. The van der Waals surface area contributed by atoms with Crippen LogP contribution in [0.25, 0.3) is 0 Å². The highest BCUT2D eigenvalue weighted by molar-refractivity contribution is 7.80. The molecule has 1 atom stereocenters. The van der Waals surface area contributed by atoms with Gasteiger partial charge in [0.1, 0.15) is 11.8 Å². The van der Waals surface area contributed by atoms with E-state index in [1.807, 2.05) is 0 Å². The molecule has 0 saturated carbocycles. The first-order chi connectivity index (χ1) is 8.02. The van der Waals surface area contributed by atoms with Crippen LogP contribution in [-0.4, -0.2) is 35.6 Å². The number of nitrogens with zero attached hydrogens (tertiary/aromatic N) is 2. The van der Waals surface area contributed by atoms with Crippen LogP contribution >= 0.6 is 12.2 Å². The van der Waals surface area contributed by atoms with E-state index in [1.54, 1.807) is 6.92 Å². The van der Waals surface area contributed by atoms with Crippen LogP contribution in [-0.2, 0) is 14.3 Å². The maximum absolute atomic E-state index is 11.8. The zero-order chi connectivity index (χ0) is 12.6. The summed E-state index contributed by atoms with van der Waals surface area (Å²) in [5, 5.41) is 2.45. The summed E-state index contributed by atoms with van der Waals surface area (Å²) in [6.45, 7) is 1.71. The van der Waals surface area contributed by atoms with E-state index < -0.39 is 17.8 Å². The molecule has 0 aliphatic carbocycles. The standard InChI is InChI=1S/C10H9N3O3S/c1-4-3-5(9(15)16-2)6-7(11-4)12-10(17)13-8(6)14/h3,6H,1-2H3,(H,13,14,17). The average molecular weight is 251 g/mol. The van der Waals surface area contributed by atoms with Gasteiger partial charge in [-0.15, -0.1) is 0 Å². The Labute approximate surface area is 102 Å². The number of nitrogens with one attached hydrogen (secondary N) is 1. The number of ether oxygens (including phenoxy) is 1. The lowest BCUT2D eigenvalue weighted by Crippen LogP contribution is -2.46. The molecule has 2 rings (SSSR count). The van der Waals surface area contributed by atoms with Crippen LogP contribution in [0.5, 0.6) is 0 Å².